The predicted molar refractivity (Wildman–Crippen MR) is 116 cm³/mol. The third-order valence-corrected chi connectivity index (χ3v) is 8.13. The first-order valence-electron chi connectivity index (χ1n) is 9.85. The highest BCUT2D eigenvalue weighted by atomic mass is 32.2. The third kappa shape index (κ3) is 5.50. The molecule has 1 aliphatic rings. The Kier molecular flexibility index (Phi) is 6.96. The zero-order chi connectivity index (χ0) is 23.5. The highest BCUT2D eigenvalue weighted by molar-refractivity contribution is 7.90. The smallest absolute Gasteiger partial charge is 0.271 e. The Balaban J connectivity index is 1.73. The molecule has 0 aromatic heterocycles. The number of amides is 1. The summed E-state index contributed by atoms with van der Waals surface area (Å²) in [4.78, 5) is 22.6. The number of nitro benzene ring substituents is 1. The fourth-order valence-corrected chi connectivity index (χ4v) is 5.54. The average Bonchev–Trinajstić information content (AvgIpc) is 2.77. The van der Waals surface area contributed by atoms with E-state index in [1.54, 1.807) is 12.1 Å². The van der Waals surface area contributed by atoms with E-state index in [1.165, 1.54) is 16.4 Å². The third-order valence-electron chi connectivity index (χ3n) is 5.12. The second-order valence-electron chi connectivity index (χ2n) is 7.54. The predicted octanol–water partition coefficient (Wildman–Crippen LogP) is 2.10. The van der Waals surface area contributed by atoms with Gasteiger partial charge in [-0.3, -0.25) is 14.9 Å². The highest BCUT2D eigenvalue weighted by Crippen LogP contribution is 2.22. The van der Waals surface area contributed by atoms with Gasteiger partial charge in [-0.2, -0.15) is 4.31 Å². The number of non-ortho nitro benzene ring substituents is 1. The first-order chi connectivity index (χ1) is 15.0. The molecule has 1 fully saturated rings. The van der Waals surface area contributed by atoms with Crippen molar-refractivity contribution in [1.29, 1.82) is 0 Å². The molecule has 2 aromatic carbocycles. The fraction of sp³-hybridized carbons (Fsp3) is 0.350. The minimum atomic E-state index is -3.76. The van der Waals surface area contributed by atoms with Crippen molar-refractivity contribution in [2.24, 2.45) is 0 Å². The van der Waals surface area contributed by atoms with Crippen LogP contribution in [0.15, 0.2) is 52.3 Å². The highest BCUT2D eigenvalue weighted by Gasteiger charge is 2.25. The van der Waals surface area contributed by atoms with Crippen LogP contribution in [-0.4, -0.2) is 51.3 Å². The van der Waals surface area contributed by atoms with Gasteiger partial charge in [-0.05, 0) is 36.6 Å². The summed E-state index contributed by atoms with van der Waals surface area (Å²) in [6, 6.07) is 9.07. The van der Waals surface area contributed by atoms with Crippen molar-refractivity contribution in [2.45, 2.75) is 35.6 Å². The monoisotopic (exact) mass is 481 g/mol. The maximum absolute atomic E-state index is 12.7. The molecular weight excluding hydrogens is 458 g/mol. The number of sulfone groups is 1. The standard InChI is InChI=1S/C20H23N3O7S2/c1-31(27,28)19-12-16(11-17(13-19)23(25)26)20(24)21-14-15-5-7-18(8-6-15)32(29,30)22-9-3-2-4-10-22/h5-8,11-13H,2-4,9-10,14H2,1H3,(H,21,24). The summed E-state index contributed by atoms with van der Waals surface area (Å²) in [6.45, 7) is 1.03. The lowest BCUT2D eigenvalue weighted by Gasteiger charge is -2.25. The summed E-state index contributed by atoms with van der Waals surface area (Å²) in [5.74, 6) is -0.691. The minimum absolute atomic E-state index is 0.0276. The SMILES string of the molecule is CS(=O)(=O)c1cc(C(=O)NCc2ccc(S(=O)(=O)N3CCCCC3)cc2)cc([N+](=O)[O-])c1. The van der Waals surface area contributed by atoms with E-state index in [9.17, 15) is 31.7 Å². The number of hydrogen-bond donors (Lipinski definition) is 1. The van der Waals surface area contributed by atoms with Gasteiger partial charge >= 0.3 is 0 Å². The van der Waals surface area contributed by atoms with Gasteiger partial charge in [-0.1, -0.05) is 18.6 Å². The quantitative estimate of drug-likeness (QED) is 0.471. The first kappa shape index (κ1) is 23.8. The van der Waals surface area contributed by atoms with Gasteiger partial charge in [0.1, 0.15) is 0 Å². The van der Waals surface area contributed by atoms with Crippen molar-refractivity contribution in [2.75, 3.05) is 19.3 Å². The Morgan fingerprint density at radius 2 is 1.62 bits per heavy atom. The van der Waals surface area contributed by atoms with Crippen LogP contribution in [0.2, 0.25) is 0 Å². The molecule has 32 heavy (non-hydrogen) atoms. The Labute approximate surface area is 186 Å². The summed E-state index contributed by atoms with van der Waals surface area (Å²) in [5, 5.41) is 13.7. The molecule has 0 radical (unpaired) electrons. The zero-order valence-electron chi connectivity index (χ0n) is 17.4. The zero-order valence-corrected chi connectivity index (χ0v) is 19.0. The molecule has 1 saturated heterocycles. The van der Waals surface area contributed by atoms with E-state index in [-0.39, 0.29) is 21.9 Å². The number of sulfonamides is 1. The maximum Gasteiger partial charge on any atom is 0.271 e. The van der Waals surface area contributed by atoms with Crippen molar-refractivity contribution in [3.8, 4) is 0 Å². The van der Waals surface area contributed by atoms with Crippen LogP contribution in [0.25, 0.3) is 0 Å². The molecule has 0 aliphatic carbocycles. The van der Waals surface area contributed by atoms with E-state index < -0.39 is 36.4 Å². The van der Waals surface area contributed by atoms with Gasteiger partial charge in [0, 0.05) is 43.6 Å². The van der Waals surface area contributed by atoms with Crippen LogP contribution in [0.1, 0.15) is 35.2 Å². The van der Waals surface area contributed by atoms with Gasteiger partial charge in [0.2, 0.25) is 10.0 Å². The number of nitro groups is 1. The Hall–Kier alpha value is -2.83. The Morgan fingerprint density at radius 1 is 1.00 bits per heavy atom. The molecule has 0 saturated carbocycles. The molecule has 2 aromatic rings. The Morgan fingerprint density at radius 3 is 2.19 bits per heavy atom. The summed E-state index contributed by atoms with van der Waals surface area (Å²) in [5.41, 5.74) is -0.0565. The molecular formula is C20H23N3O7S2. The molecule has 0 unspecified atom stereocenters. The lowest BCUT2D eigenvalue weighted by atomic mass is 10.1. The molecule has 0 atom stereocenters. The lowest BCUT2D eigenvalue weighted by molar-refractivity contribution is -0.385. The maximum atomic E-state index is 12.7. The lowest BCUT2D eigenvalue weighted by Crippen LogP contribution is -2.35. The molecule has 172 valence electrons. The van der Waals surface area contributed by atoms with E-state index in [2.05, 4.69) is 5.32 Å². The molecule has 12 heteroatoms. The normalized spacial score (nSPS) is 15.3. The minimum Gasteiger partial charge on any atom is -0.348 e. The summed E-state index contributed by atoms with van der Waals surface area (Å²) >= 11 is 0. The van der Waals surface area contributed by atoms with E-state index in [4.69, 9.17) is 0 Å². The summed E-state index contributed by atoms with van der Waals surface area (Å²) < 4.78 is 50.4. The molecule has 0 bridgehead atoms. The van der Waals surface area contributed by atoms with Crippen molar-refractivity contribution < 1.29 is 26.6 Å². The van der Waals surface area contributed by atoms with E-state index in [1.807, 2.05) is 0 Å². The molecule has 1 heterocycles. The number of carbonyl (C=O) groups is 1. The second-order valence-corrected chi connectivity index (χ2v) is 11.5. The van der Waals surface area contributed by atoms with Gasteiger partial charge in [0.25, 0.3) is 11.6 Å². The van der Waals surface area contributed by atoms with Crippen LogP contribution in [0.4, 0.5) is 5.69 Å². The molecule has 10 nitrogen and oxygen atoms in total. The van der Waals surface area contributed by atoms with Crippen LogP contribution in [0, 0.1) is 10.1 Å². The Bertz CT molecular complexity index is 1230. The second kappa shape index (κ2) is 9.35. The van der Waals surface area contributed by atoms with Gasteiger partial charge in [0.05, 0.1) is 14.7 Å². The van der Waals surface area contributed by atoms with Crippen molar-refractivity contribution in [3.63, 3.8) is 0 Å². The van der Waals surface area contributed by atoms with E-state index in [0.29, 0.717) is 18.7 Å². The molecule has 1 amide bonds. The van der Waals surface area contributed by atoms with E-state index in [0.717, 1.165) is 43.7 Å². The molecule has 1 N–H and O–H groups in total. The fourth-order valence-electron chi connectivity index (χ4n) is 3.35. The number of piperidine rings is 1. The van der Waals surface area contributed by atoms with Crippen molar-refractivity contribution >= 4 is 31.5 Å². The van der Waals surface area contributed by atoms with Gasteiger partial charge in [-0.25, -0.2) is 16.8 Å². The summed E-state index contributed by atoms with van der Waals surface area (Å²) in [7, 11) is -7.31. The van der Waals surface area contributed by atoms with Crippen molar-refractivity contribution in [1.82, 2.24) is 9.62 Å². The van der Waals surface area contributed by atoms with Crippen LogP contribution in [0.5, 0.6) is 0 Å². The largest absolute Gasteiger partial charge is 0.348 e. The first-order valence-corrected chi connectivity index (χ1v) is 13.2. The number of benzene rings is 2. The number of nitrogens with zero attached hydrogens (tertiary/aromatic N) is 2. The van der Waals surface area contributed by atoms with Gasteiger partial charge in [-0.15, -0.1) is 0 Å². The number of hydrogen-bond acceptors (Lipinski definition) is 7. The van der Waals surface area contributed by atoms with Crippen LogP contribution in [-0.2, 0) is 26.4 Å². The van der Waals surface area contributed by atoms with Gasteiger partial charge < -0.3 is 5.32 Å². The topological polar surface area (TPSA) is 144 Å². The number of nitrogens with one attached hydrogen (secondary N) is 1. The van der Waals surface area contributed by atoms with Crippen LogP contribution in [0.3, 0.4) is 0 Å². The van der Waals surface area contributed by atoms with Crippen molar-refractivity contribution in [3.05, 3.63) is 63.7 Å². The van der Waals surface area contributed by atoms with Crippen LogP contribution >= 0.6 is 0 Å². The van der Waals surface area contributed by atoms with Gasteiger partial charge in [0.15, 0.2) is 9.84 Å². The molecule has 0 spiro atoms. The molecule has 3 rings (SSSR count). The van der Waals surface area contributed by atoms with E-state index >= 15 is 0 Å². The number of carbonyl (C=O) groups excluding carboxylic acids is 1. The summed E-state index contributed by atoms with van der Waals surface area (Å²) in [6.07, 6.45) is 3.58. The van der Waals surface area contributed by atoms with Crippen LogP contribution < -0.4 is 5.32 Å². The average molecular weight is 482 g/mol. The number of rotatable bonds is 7. The molecule has 1 aliphatic heterocycles.